The van der Waals surface area contributed by atoms with E-state index in [4.69, 9.17) is 0 Å². The second-order valence-electron chi connectivity index (χ2n) is 5.07. The van der Waals surface area contributed by atoms with Gasteiger partial charge >= 0.3 is 0 Å². The first-order valence-electron chi connectivity index (χ1n) is 7.49. The second-order valence-corrected chi connectivity index (χ2v) is 5.07. The van der Waals surface area contributed by atoms with Crippen molar-refractivity contribution >= 4 is 0 Å². The van der Waals surface area contributed by atoms with Crippen LogP contribution in [0.1, 0.15) is 18.1 Å². The summed E-state index contributed by atoms with van der Waals surface area (Å²) in [5.74, 6) is 0. The molecule has 21 heavy (non-hydrogen) atoms. The van der Waals surface area contributed by atoms with Gasteiger partial charge in [0.05, 0.1) is 0 Å². The van der Waals surface area contributed by atoms with Crippen LogP contribution >= 0.6 is 0 Å². The zero-order valence-corrected chi connectivity index (χ0v) is 12.6. The minimum atomic E-state index is 0.337. The van der Waals surface area contributed by atoms with Crippen molar-refractivity contribution in [2.45, 2.75) is 25.9 Å². The summed E-state index contributed by atoms with van der Waals surface area (Å²) < 4.78 is 0. The van der Waals surface area contributed by atoms with Crippen LogP contribution in [-0.4, -0.2) is 6.04 Å². The molecule has 2 rings (SSSR count). The van der Waals surface area contributed by atoms with Crippen molar-refractivity contribution in [3.8, 4) is 0 Å². The highest BCUT2D eigenvalue weighted by Crippen LogP contribution is 2.06. The highest BCUT2D eigenvalue weighted by molar-refractivity contribution is 5.19. The number of rotatable bonds is 7. The van der Waals surface area contributed by atoms with E-state index in [9.17, 15) is 0 Å². The smallest absolute Gasteiger partial charge is 0.0296 e. The fourth-order valence-corrected chi connectivity index (χ4v) is 2.23. The molecule has 1 N–H and O–H groups in total. The van der Waals surface area contributed by atoms with Crippen LogP contribution in [0.5, 0.6) is 0 Å². The Morgan fingerprint density at radius 1 is 0.857 bits per heavy atom. The van der Waals surface area contributed by atoms with E-state index in [-0.39, 0.29) is 0 Å². The van der Waals surface area contributed by atoms with E-state index in [1.165, 1.54) is 11.1 Å². The summed E-state index contributed by atoms with van der Waals surface area (Å²) in [6, 6.07) is 21.5. The van der Waals surface area contributed by atoms with E-state index in [1.807, 2.05) is 13.0 Å². The maximum Gasteiger partial charge on any atom is 0.0296 e. The number of allylic oxidation sites excluding steroid dienone is 3. The molecular weight excluding hydrogens is 254 g/mol. The lowest BCUT2D eigenvalue weighted by Crippen LogP contribution is -2.28. The first-order valence-corrected chi connectivity index (χ1v) is 7.49. The molecule has 0 aromatic heterocycles. The van der Waals surface area contributed by atoms with Gasteiger partial charge < -0.3 is 5.32 Å². The Hall–Kier alpha value is -2.12. The van der Waals surface area contributed by atoms with Gasteiger partial charge in [-0.15, -0.1) is 0 Å². The predicted molar refractivity (Wildman–Crippen MR) is 91.2 cm³/mol. The normalized spacial score (nSPS) is 13.0. The third-order valence-corrected chi connectivity index (χ3v) is 3.36. The molecule has 0 fully saturated rings. The average molecular weight is 277 g/mol. The van der Waals surface area contributed by atoms with Crippen LogP contribution in [0, 0.1) is 0 Å². The molecule has 0 saturated heterocycles. The van der Waals surface area contributed by atoms with Crippen molar-refractivity contribution in [3.63, 3.8) is 0 Å². The van der Waals surface area contributed by atoms with Gasteiger partial charge in [-0.25, -0.2) is 0 Å². The van der Waals surface area contributed by atoms with Crippen LogP contribution in [0.25, 0.3) is 0 Å². The lowest BCUT2D eigenvalue weighted by atomic mass is 10.0. The maximum atomic E-state index is 3.62. The lowest BCUT2D eigenvalue weighted by molar-refractivity contribution is 0.589. The summed E-state index contributed by atoms with van der Waals surface area (Å²) in [6.07, 6.45) is 9.47. The van der Waals surface area contributed by atoms with Gasteiger partial charge in [0, 0.05) is 12.6 Å². The number of nitrogens with one attached hydrogen (secondary N) is 1. The van der Waals surface area contributed by atoms with E-state index in [0.717, 1.165) is 13.0 Å². The van der Waals surface area contributed by atoms with Crippen LogP contribution in [0.2, 0.25) is 0 Å². The first-order chi connectivity index (χ1) is 10.4. The van der Waals surface area contributed by atoms with E-state index in [0.29, 0.717) is 6.04 Å². The molecule has 0 aliphatic carbocycles. The average Bonchev–Trinajstić information content (AvgIpc) is 2.54. The van der Waals surface area contributed by atoms with Gasteiger partial charge in [-0.2, -0.15) is 0 Å². The van der Waals surface area contributed by atoms with Crippen molar-refractivity contribution in [1.82, 2.24) is 5.32 Å². The van der Waals surface area contributed by atoms with Gasteiger partial charge in [0.15, 0.2) is 0 Å². The van der Waals surface area contributed by atoms with Crippen molar-refractivity contribution in [2.24, 2.45) is 0 Å². The molecule has 2 aromatic carbocycles. The molecule has 0 amide bonds. The van der Waals surface area contributed by atoms with E-state index < -0.39 is 0 Å². The molecule has 1 atom stereocenters. The van der Waals surface area contributed by atoms with Crippen molar-refractivity contribution in [3.05, 3.63) is 96.1 Å². The zero-order valence-electron chi connectivity index (χ0n) is 12.6. The van der Waals surface area contributed by atoms with E-state index in [1.54, 1.807) is 0 Å². The van der Waals surface area contributed by atoms with E-state index in [2.05, 4.69) is 84.2 Å². The molecule has 0 aliphatic rings. The Morgan fingerprint density at radius 2 is 1.48 bits per heavy atom. The van der Waals surface area contributed by atoms with Gasteiger partial charge in [-0.05, 0) is 24.5 Å². The predicted octanol–water partition coefficient (Wildman–Crippen LogP) is 4.52. The standard InChI is InChI=1S/C20H23N/c1-2-3-6-15-20(16-18-11-7-4-8-12-18)21-17-19-13-9-5-10-14-19/h2-15,20-21H,16-17H2,1H3/b3-2+,15-6-/t20-/m1/s1. The molecule has 0 radical (unpaired) electrons. The molecule has 0 spiro atoms. The number of benzene rings is 2. The fraction of sp³-hybridized carbons (Fsp3) is 0.200. The molecule has 0 aliphatic heterocycles. The second kappa shape index (κ2) is 8.93. The van der Waals surface area contributed by atoms with E-state index >= 15 is 0 Å². The monoisotopic (exact) mass is 277 g/mol. The Labute approximate surface area is 128 Å². The maximum absolute atomic E-state index is 3.62. The molecule has 0 unspecified atom stereocenters. The fourth-order valence-electron chi connectivity index (χ4n) is 2.23. The Balaban J connectivity index is 1.98. The van der Waals surface area contributed by atoms with Crippen LogP contribution in [0.15, 0.2) is 85.0 Å². The minimum absolute atomic E-state index is 0.337. The largest absolute Gasteiger partial charge is 0.306 e. The number of hydrogen-bond donors (Lipinski definition) is 1. The third-order valence-electron chi connectivity index (χ3n) is 3.36. The summed E-state index contributed by atoms with van der Waals surface area (Å²) >= 11 is 0. The molecule has 0 saturated carbocycles. The summed E-state index contributed by atoms with van der Waals surface area (Å²) in [5.41, 5.74) is 2.67. The van der Waals surface area contributed by atoms with Crippen LogP contribution in [-0.2, 0) is 13.0 Å². The zero-order chi connectivity index (χ0) is 14.8. The third kappa shape index (κ3) is 5.80. The topological polar surface area (TPSA) is 12.0 Å². The minimum Gasteiger partial charge on any atom is -0.306 e. The van der Waals surface area contributed by atoms with Gasteiger partial charge in [-0.1, -0.05) is 85.0 Å². The summed E-state index contributed by atoms with van der Waals surface area (Å²) in [6.45, 7) is 2.92. The molecule has 1 heteroatoms. The van der Waals surface area contributed by atoms with Gasteiger partial charge in [0.25, 0.3) is 0 Å². The van der Waals surface area contributed by atoms with Gasteiger partial charge in [0.2, 0.25) is 0 Å². The van der Waals surface area contributed by atoms with Gasteiger partial charge in [-0.3, -0.25) is 0 Å². The van der Waals surface area contributed by atoms with Crippen LogP contribution in [0.3, 0.4) is 0 Å². The molecule has 108 valence electrons. The van der Waals surface area contributed by atoms with Crippen molar-refractivity contribution < 1.29 is 0 Å². The summed E-state index contributed by atoms with van der Waals surface area (Å²) in [4.78, 5) is 0. The Morgan fingerprint density at radius 3 is 2.10 bits per heavy atom. The lowest BCUT2D eigenvalue weighted by Gasteiger charge is -2.15. The highest BCUT2D eigenvalue weighted by Gasteiger charge is 2.05. The SMILES string of the molecule is C/C=C/C=C\[C@H](Cc1ccccc1)NCc1ccccc1. The first kappa shape index (κ1) is 15.3. The molecule has 1 nitrogen and oxygen atoms in total. The summed E-state index contributed by atoms with van der Waals surface area (Å²) in [5, 5.41) is 3.62. The van der Waals surface area contributed by atoms with Crippen LogP contribution in [0.4, 0.5) is 0 Å². The molecular formula is C20H23N. The molecule has 0 bridgehead atoms. The highest BCUT2D eigenvalue weighted by atomic mass is 14.9. The quantitative estimate of drug-likeness (QED) is 0.734. The Bertz CT molecular complexity index is 555. The summed E-state index contributed by atoms with van der Waals surface area (Å²) in [7, 11) is 0. The van der Waals surface area contributed by atoms with Crippen molar-refractivity contribution in [1.29, 1.82) is 0 Å². The van der Waals surface area contributed by atoms with Crippen LogP contribution < -0.4 is 5.32 Å². The molecule has 2 aromatic rings. The number of hydrogen-bond acceptors (Lipinski definition) is 1. The molecule has 0 heterocycles. The van der Waals surface area contributed by atoms with Crippen molar-refractivity contribution in [2.75, 3.05) is 0 Å². The Kier molecular flexibility index (Phi) is 6.50. The van der Waals surface area contributed by atoms with Gasteiger partial charge in [0.1, 0.15) is 0 Å².